The quantitative estimate of drug-likeness (QED) is 0.515. The summed E-state index contributed by atoms with van der Waals surface area (Å²) >= 11 is 1.13. The zero-order valence-electron chi connectivity index (χ0n) is 6.78. The van der Waals surface area contributed by atoms with Crippen molar-refractivity contribution in [1.29, 1.82) is 0 Å². The van der Waals surface area contributed by atoms with E-state index < -0.39 is 0 Å². The predicted molar refractivity (Wildman–Crippen MR) is 34.7 cm³/mol. The first-order valence-electron chi connectivity index (χ1n) is 3.81. The van der Waals surface area contributed by atoms with Gasteiger partial charge in [0.15, 0.2) is 0 Å². The van der Waals surface area contributed by atoms with Crippen molar-refractivity contribution in [2.45, 2.75) is 32.1 Å². The fourth-order valence-electron chi connectivity index (χ4n) is 1.47. The number of nitrogens with one attached hydrogen (secondary N) is 1. The summed E-state index contributed by atoms with van der Waals surface area (Å²) in [5.41, 5.74) is 0. The van der Waals surface area contributed by atoms with Gasteiger partial charge in [0.25, 0.3) is 0 Å². The normalized spacial score (nSPS) is 17.2. The molecule has 0 saturated heterocycles. The second-order valence-electron chi connectivity index (χ2n) is 2.82. The molecular weight excluding hydrogens is 276 g/mol. The van der Waals surface area contributed by atoms with Crippen LogP contribution in [0.15, 0.2) is 0 Å². The van der Waals surface area contributed by atoms with Gasteiger partial charge in [0, 0.05) is 0 Å². The molecule has 1 fully saturated rings. The van der Waals surface area contributed by atoms with Crippen LogP contribution in [0.4, 0.5) is 0 Å². The van der Waals surface area contributed by atoms with Gasteiger partial charge in [-0.3, -0.25) is 0 Å². The Balaban J connectivity index is 0. The molecule has 2 nitrogen and oxygen atoms in total. The SMILES string of the molecule is O=C([NH][Zr+2])C1CCCCC1.[Cl-].[Cl-]. The van der Waals surface area contributed by atoms with Crippen LogP contribution in [-0.4, -0.2) is 5.91 Å². The molecule has 0 bridgehead atoms. The van der Waals surface area contributed by atoms with Crippen molar-refractivity contribution in [3.8, 4) is 0 Å². The Morgan fingerprint density at radius 2 is 1.67 bits per heavy atom. The Hall–Kier alpha value is 0.933. The summed E-state index contributed by atoms with van der Waals surface area (Å²) in [4.78, 5) is 11.1. The summed E-state index contributed by atoms with van der Waals surface area (Å²) in [6.45, 7) is 0. The van der Waals surface area contributed by atoms with Crippen molar-refractivity contribution in [2.24, 2.45) is 5.92 Å². The summed E-state index contributed by atoms with van der Waals surface area (Å²) in [6, 6.07) is 0. The Bertz CT molecular complexity index is 129. The van der Waals surface area contributed by atoms with Gasteiger partial charge in [-0.2, -0.15) is 0 Å². The van der Waals surface area contributed by atoms with Gasteiger partial charge in [-0.15, -0.1) is 0 Å². The maximum absolute atomic E-state index is 11.1. The van der Waals surface area contributed by atoms with Gasteiger partial charge in [-0.05, 0) is 0 Å². The van der Waals surface area contributed by atoms with Crippen LogP contribution in [0.3, 0.4) is 0 Å². The van der Waals surface area contributed by atoms with Gasteiger partial charge >= 0.3 is 77.0 Å². The molecule has 0 aromatic heterocycles. The molecule has 1 amide bonds. The van der Waals surface area contributed by atoms with Crippen LogP contribution in [0.1, 0.15) is 32.1 Å². The van der Waals surface area contributed by atoms with Crippen molar-refractivity contribution >= 4 is 5.91 Å². The van der Waals surface area contributed by atoms with E-state index in [-0.39, 0.29) is 30.7 Å². The molecule has 0 aliphatic heterocycles. The van der Waals surface area contributed by atoms with E-state index in [9.17, 15) is 4.79 Å². The van der Waals surface area contributed by atoms with E-state index in [0.29, 0.717) is 5.92 Å². The average Bonchev–Trinajstić information content (AvgIpc) is 2.05. The Kier molecular flexibility index (Phi) is 10.9. The number of carbonyl (C=O) groups is 1. The maximum atomic E-state index is 11.1. The molecule has 12 heavy (non-hydrogen) atoms. The van der Waals surface area contributed by atoms with Crippen molar-refractivity contribution in [3.05, 3.63) is 0 Å². The molecule has 0 heterocycles. The van der Waals surface area contributed by atoms with Gasteiger partial charge in [0.05, 0.1) is 0 Å². The molecule has 0 aromatic carbocycles. The van der Waals surface area contributed by atoms with Crippen LogP contribution in [0.2, 0.25) is 0 Å². The number of hydrogen-bond donors (Lipinski definition) is 1. The summed E-state index contributed by atoms with van der Waals surface area (Å²) < 4.78 is 2.79. The number of carbonyl (C=O) groups excluding carboxylic acids is 1. The fourth-order valence-corrected chi connectivity index (χ4v) is 1.97. The number of rotatable bonds is 1. The van der Waals surface area contributed by atoms with E-state index in [4.69, 9.17) is 0 Å². The van der Waals surface area contributed by atoms with Gasteiger partial charge < -0.3 is 24.8 Å². The van der Waals surface area contributed by atoms with E-state index in [1.807, 2.05) is 0 Å². The van der Waals surface area contributed by atoms with E-state index in [2.05, 4.69) is 3.26 Å². The van der Waals surface area contributed by atoms with E-state index in [0.717, 1.165) is 37.9 Å². The second-order valence-corrected chi connectivity index (χ2v) is 3.44. The summed E-state index contributed by atoms with van der Waals surface area (Å²) in [5.74, 6) is 0.617. The Morgan fingerprint density at radius 3 is 2.08 bits per heavy atom. The first-order valence-corrected chi connectivity index (χ1v) is 5.04. The molecule has 0 unspecified atom stereocenters. The van der Waals surface area contributed by atoms with Crippen LogP contribution in [0.25, 0.3) is 0 Å². The van der Waals surface area contributed by atoms with Gasteiger partial charge in [-0.1, -0.05) is 0 Å². The molecule has 1 saturated carbocycles. The van der Waals surface area contributed by atoms with E-state index in [1.165, 1.54) is 19.3 Å². The number of halogens is 2. The standard InChI is InChI=1S/C7H13NO.2ClH.Zr/c8-7(9)6-4-2-1-3-5-6;;;/h6H,1-5H2,(H2,8,9);2*1H;/q;;;+3/p-3. The maximum Gasteiger partial charge on any atom is -1.00 e. The molecule has 5 heteroatoms. The molecule has 1 N–H and O–H groups in total. The molecule has 0 aromatic rings. The van der Waals surface area contributed by atoms with Gasteiger partial charge in [0.2, 0.25) is 0 Å². The monoisotopic (exact) mass is 286 g/mol. The largest absolute Gasteiger partial charge is 1.00 e. The van der Waals surface area contributed by atoms with Crippen molar-refractivity contribution < 1.29 is 54.6 Å². The second kappa shape index (κ2) is 8.53. The molecule has 1 aliphatic carbocycles. The minimum atomic E-state index is 0. The summed E-state index contributed by atoms with van der Waals surface area (Å²) in [6.07, 6.45) is 6.03. The fraction of sp³-hybridized carbons (Fsp3) is 0.857. The molecule has 1 aliphatic rings. The topological polar surface area (TPSA) is 29.1 Å². The average molecular weight is 288 g/mol. The predicted octanol–water partition coefficient (Wildman–Crippen LogP) is -4.85. The smallest absolute Gasteiger partial charge is 1.00 e. The number of hydrogen-bond acceptors (Lipinski definition) is 1. The van der Waals surface area contributed by atoms with E-state index >= 15 is 0 Å². The van der Waals surface area contributed by atoms with Gasteiger partial charge in [0.1, 0.15) is 0 Å². The van der Waals surface area contributed by atoms with Crippen LogP contribution in [0, 0.1) is 5.92 Å². The van der Waals surface area contributed by atoms with Crippen LogP contribution >= 0.6 is 0 Å². The third kappa shape index (κ3) is 4.84. The molecule has 1 rings (SSSR count). The third-order valence-corrected chi connectivity index (χ3v) is 2.70. The van der Waals surface area contributed by atoms with Crippen LogP contribution in [0.5, 0.6) is 0 Å². The Morgan fingerprint density at radius 1 is 1.17 bits per heavy atom. The molecule has 69 valence electrons. The molecule has 0 radical (unpaired) electrons. The molecule has 0 spiro atoms. The summed E-state index contributed by atoms with van der Waals surface area (Å²) in [5, 5.41) is 0. The van der Waals surface area contributed by atoms with Crippen LogP contribution < -0.4 is 28.1 Å². The first-order chi connectivity index (χ1) is 4.84. The number of amides is 1. The molecular formula is C7H12Cl2NOZr. The molecule has 0 atom stereocenters. The summed E-state index contributed by atoms with van der Waals surface area (Å²) in [7, 11) is 0. The minimum absolute atomic E-state index is 0. The van der Waals surface area contributed by atoms with Gasteiger partial charge in [-0.25, -0.2) is 0 Å². The van der Waals surface area contributed by atoms with Crippen molar-refractivity contribution in [1.82, 2.24) is 3.26 Å². The van der Waals surface area contributed by atoms with Crippen molar-refractivity contribution in [3.63, 3.8) is 0 Å². The van der Waals surface area contributed by atoms with Crippen LogP contribution in [-0.2, 0) is 29.8 Å². The zero-order chi connectivity index (χ0) is 7.40. The van der Waals surface area contributed by atoms with E-state index in [1.54, 1.807) is 0 Å². The minimum Gasteiger partial charge on any atom is -1.00 e. The zero-order valence-corrected chi connectivity index (χ0v) is 10.7. The third-order valence-electron chi connectivity index (χ3n) is 2.10. The first kappa shape index (κ1) is 15.4. The van der Waals surface area contributed by atoms with Crippen molar-refractivity contribution in [2.75, 3.05) is 0 Å². The Labute approximate surface area is 101 Å².